The fraction of sp³-hybridized carbons (Fsp3) is 0.550. The number of β-amino-alcohol motifs (C(OH)–C–C–N with tert-alkyl or cyclic N) is 1. The molecule has 0 radical (unpaired) electrons. The van der Waals surface area contributed by atoms with Gasteiger partial charge in [0, 0.05) is 30.0 Å². The maximum absolute atomic E-state index is 13.1. The molecule has 144 valence electrons. The van der Waals surface area contributed by atoms with Crippen LogP contribution in [0.2, 0.25) is 0 Å². The zero-order valence-corrected chi connectivity index (χ0v) is 15.8. The number of hydrogen-bond acceptors (Lipinski definition) is 4. The van der Waals surface area contributed by atoms with Gasteiger partial charge in [-0.2, -0.15) is 0 Å². The van der Waals surface area contributed by atoms with Gasteiger partial charge < -0.3 is 10.0 Å². The van der Waals surface area contributed by atoms with Crippen molar-refractivity contribution in [3.05, 3.63) is 36.3 Å². The molecule has 3 heterocycles. The molecule has 1 atom stereocenters. The maximum Gasteiger partial charge on any atom is 0.323 e. The summed E-state index contributed by atoms with van der Waals surface area (Å²) in [6.45, 7) is 2.32. The predicted octanol–water partition coefficient (Wildman–Crippen LogP) is 3.27. The molecule has 0 aromatic carbocycles. The first-order valence-corrected chi connectivity index (χ1v) is 9.81. The molecule has 2 aliphatic rings. The smallest absolute Gasteiger partial charge is 0.323 e. The Balaban J connectivity index is 1.54. The van der Waals surface area contributed by atoms with Gasteiger partial charge in [-0.1, -0.05) is 25.7 Å². The van der Waals surface area contributed by atoms with Crippen molar-refractivity contribution in [1.82, 2.24) is 19.7 Å². The standard InChI is InChI=1S/C20H27N5O2/c1-15-13-25(16-7-6-10-21-12-16)23-18(15)22-19(27)24-14-17(26)11-20(24)8-4-2-3-5-9-20/h6-7,10,12-13,17,26H,2-5,8-9,11,14H2,1H3,(H,22,23,27). The van der Waals surface area contributed by atoms with Crippen LogP contribution in [0, 0.1) is 6.92 Å². The molecule has 2 fully saturated rings. The van der Waals surface area contributed by atoms with Gasteiger partial charge in [-0.3, -0.25) is 10.3 Å². The Bertz CT molecular complexity index is 796. The van der Waals surface area contributed by atoms with Gasteiger partial charge in [0.25, 0.3) is 0 Å². The van der Waals surface area contributed by atoms with Crippen molar-refractivity contribution in [2.75, 3.05) is 11.9 Å². The zero-order valence-electron chi connectivity index (χ0n) is 15.8. The summed E-state index contributed by atoms with van der Waals surface area (Å²) in [6, 6.07) is 3.61. The van der Waals surface area contributed by atoms with Crippen LogP contribution in [0.4, 0.5) is 10.6 Å². The number of urea groups is 1. The molecule has 1 aliphatic heterocycles. The Labute approximate surface area is 159 Å². The van der Waals surface area contributed by atoms with E-state index in [2.05, 4.69) is 15.4 Å². The van der Waals surface area contributed by atoms with Gasteiger partial charge in [-0.15, -0.1) is 5.10 Å². The van der Waals surface area contributed by atoms with E-state index in [0.717, 1.165) is 36.9 Å². The minimum absolute atomic E-state index is 0.159. The van der Waals surface area contributed by atoms with Crippen molar-refractivity contribution in [3.8, 4) is 5.69 Å². The molecule has 1 aliphatic carbocycles. The Morgan fingerprint density at radius 2 is 2.07 bits per heavy atom. The van der Waals surface area contributed by atoms with E-state index in [-0.39, 0.29) is 11.6 Å². The number of aromatic nitrogens is 3. The summed E-state index contributed by atoms with van der Waals surface area (Å²) < 4.78 is 1.72. The van der Waals surface area contributed by atoms with Crippen LogP contribution in [0.5, 0.6) is 0 Å². The minimum Gasteiger partial charge on any atom is -0.391 e. The number of pyridine rings is 1. The number of anilines is 1. The van der Waals surface area contributed by atoms with Crippen LogP contribution < -0.4 is 5.32 Å². The molecular weight excluding hydrogens is 342 g/mol. The highest BCUT2D eigenvalue weighted by atomic mass is 16.3. The van der Waals surface area contributed by atoms with Crippen molar-refractivity contribution < 1.29 is 9.90 Å². The van der Waals surface area contributed by atoms with Crippen LogP contribution in [0.1, 0.15) is 50.5 Å². The molecule has 1 spiro atoms. The molecule has 7 nitrogen and oxygen atoms in total. The summed E-state index contributed by atoms with van der Waals surface area (Å²) in [5.74, 6) is 0.550. The van der Waals surface area contributed by atoms with Gasteiger partial charge in [0.1, 0.15) is 0 Å². The number of amides is 2. The number of aliphatic hydroxyl groups is 1. The monoisotopic (exact) mass is 369 g/mol. The Hall–Kier alpha value is -2.41. The van der Waals surface area contributed by atoms with Crippen molar-refractivity contribution in [1.29, 1.82) is 0 Å². The van der Waals surface area contributed by atoms with Crippen LogP contribution in [0.15, 0.2) is 30.7 Å². The summed E-state index contributed by atoms with van der Waals surface area (Å²) >= 11 is 0. The molecule has 1 unspecified atom stereocenters. The van der Waals surface area contributed by atoms with Gasteiger partial charge in [-0.05, 0) is 38.3 Å². The molecule has 0 bridgehead atoms. The van der Waals surface area contributed by atoms with Gasteiger partial charge >= 0.3 is 6.03 Å². The summed E-state index contributed by atoms with van der Waals surface area (Å²) in [7, 11) is 0. The van der Waals surface area contributed by atoms with Crippen molar-refractivity contribution in [2.24, 2.45) is 0 Å². The van der Waals surface area contributed by atoms with Crippen molar-refractivity contribution >= 4 is 11.8 Å². The Morgan fingerprint density at radius 3 is 2.78 bits per heavy atom. The second-order valence-corrected chi connectivity index (χ2v) is 7.85. The molecule has 7 heteroatoms. The van der Waals surface area contributed by atoms with E-state index >= 15 is 0 Å². The number of aliphatic hydroxyl groups excluding tert-OH is 1. The summed E-state index contributed by atoms with van der Waals surface area (Å²) in [6.07, 6.45) is 12.2. The van der Waals surface area contributed by atoms with Crippen LogP contribution in [-0.2, 0) is 0 Å². The third kappa shape index (κ3) is 3.56. The number of likely N-dealkylation sites (tertiary alicyclic amines) is 1. The van der Waals surface area contributed by atoms with E-state index in [9.17, 15) is 9.90 Å². The molecule has 1 saturated heterocycles. The summed E-state index contributed by atoms with van der Waals surface area (Å²) in [5.41, 5.74) is 1.53. The number of aryl methyl sites for hydroxylation is 1. The van der Waals surface area contributed by atoms with E-state index in [4.69, 9.17) is 0 Å². The zero-order chi connectivity index (χ0) is 18.9. The molecule has 1 saturated carbocycles. The van der Waals surface area contributed by atoms with Gasteiger partial charge in [0.2, 0.25) is 0 Å². The lowest BCUT2D eigenvalue weighted by atomic mass is 9.87. The third-order valence-corrected chi connectivity index (χ3v) is 5.89. The number of carbonyl (C=O) groups is 1. The van der Waals surface area contributed by atoms with Crippen LogP contribution >= 0.6 is 0 Å². The maximum atomic E-state index is 13.1. The van der Waals surface area contributed by atoms with Gasteiger partial charge in [-0.25, -0.2) is 9.48 Å². The highest BCUT2D eigenvalue weighted by Gasteiger charge is 2.47. The van der Waals surface area contributed by atoms with Crippen LogP contribution in [0.25, 0.3) is 5.69 Å². The van der Waals surface area contributed by atoms with E-state index in [0.29, 0.717) is 18.8 Å². The Morgan fingerprint density at radius 1 is 1.30 bits per heavy atom. The number of nitrogens with zero attached hydrogens (tertiary/aromatic N) is 4. The number of nitrogens with one attached hydrogen (secondary N) is 1. The highest BCUT2D eigenvalue weighted by molar-refractivity contribution is 5.90. The fourth-order valence-corrected chi connectivity index (χ4v) is 4.55. The first-order chi connectivity index (χ1) is 13.1. The normalized spacial score (nSPS) is 22.0. The van der Waals surface area contributed by atoms with E-state index in [1.807, 2.05) is 30.2 Å². The van der Waals surface area contributed by atoms with E-state index in [1.54, 1.807) is 17.1 Å². The summed E-state index contributed by atoms with van der Waals surface area (Å²) in [4.78, 5) is 19.1. The molecular formula is C20H27N5O2. The van der Waals surface area contributed by atoms with Gasteiger partial charge in [0.15, 0.2) is 5.82 Å². The van der Waals surface area contributed by atoms with Gasteiger partial charge in [0.05, 0.1) is 18.0 Å². The molecule has 2 N–H and O–H groups in total. The molecule has 27 heavy (non-hydrogen) atoms. The van der Waals surface area contributed by atoms with E-state index < -0.39 is 6.10 Å². The lowest BCUT2D eigenvalue weighted by Crippen LogP contribution is -2.49. The predicted molar refractivity (Wildman–Crippen MR) is 103 cm³/mol. The third-order valence-electron chi connectivity index (χ3n) is 5.89. The molecule has 2 aromatic heterocycles. The number of rotatable bonds is 2. The topological polar surface area (TPSA) is 83.3 Å². The molecule has 2 amide bonds. The first-order valence-electron chi connectivity index (χ1n) is 9.81. The quantitative estimate of drug-likeness (QED) is 0.851. The Kier molecular flexibility index (Phi) is 4.86. The molecule has 2 aromatic rings. The number of carbonyl (C=O) groups excluding carboxylic acids is 1. The second kappa shape index (κ2) is 7.31. The average Bonchev–Trinajstić information content (AvgIpc) is 3.08. The van der Waals surface area contributed by atoms with Crippen molar-refractivity contribution in [2.45, 2.75) is 63.5 Å². The van der Waals surface area contributed by atoms with E-state index in [1.165, 1.54) is 12.8 Å². The number of hydrogen-bond donors (Lipinski definition) is 2. The fourth-order valence-electron chi connectivity index (χ4n) is 4.55. The van der Waals surface area contributed by atoms with Crippen LogP contribution in [0.3, 0.4) is 0 Å². The average molecular weight is 369 g/mol. The lowest BCUT2D eigenvalue weighted by molar-refractivity contribution is 0.142. The first kappa shape index (κ1) is 18.0. The highest BCUT2D eigenvalue weighted by Crippen LogP contribution is 2.41. The minimum atomic E-state index is -0.442. The summed E-state index contributed by atoms with van der Waals surface area (Å²) in [5, 5.41) is 17.8. The SMILES string of the molecule is Cc1cn(-c2cccnc2)nc1NC(=O)N1CC(O)CC12CCCCCC2. The van der Waals surface area contributed by atoms with Crippen LogP contribution in [-0.4, -0.2) is 49.0 Å². The largest absolute Gasteiger partial charge is 0.391 e. The second-order valence-electron chi connectivity index (χ2n) is 7.85. The van der Waals surface area contributed by atoms with Crippen molar-refractivity contribution in [3.63, 3.8) is 0 Å². The lowest BCUT2D eigenvalue weighted by Gasteiger charge is -2.37. The molecule has 4 rings (SSSR count).